The van der Waals surface area contributed by atoms with Gasteiger partial charge in [-0.25, -0.2) is 0 Å². The van der Waals surface area contributed by atoms with Crippen LogP contribution in [0.25, 0.3) is 0 Å². The van der Waals surface area contributed by atoms with Crippen LogP contribution in [0.5, 0.6) is 0 Å². The normalized spacial score (nSPS) is 19.3. The number of hydrogen-bond acceptors (Lipinski definition) is 5. The monoisotopic (exact) mass is 292 g/mol. The second kappa shape index (κ2) is 5.32. The average molecular weight is 292 g/mol. The summed E-state index contributed by atoms with van der Waals surface area (Å²) in [6.07, 6.45) is 3.79. The molecule has 1 fully saturated rings. The molecule has 1 atom stereocenters. The summed E-state index contributed by atoms with van der Waals surface area (Å²) in [7, 11) is 1.88. The topological polar surface area (TPSA) is 64.2 Å². The van der Waals surface area contributed by atoms with Gasteiger partial charge < -0.3 is 9.42 Å². The first-order valence-electron chi connectivity index (χ1n) is 6.46. The summed E-state index contributed by atoms with van der Waals surface area (Å²) in [4.78, 5) is 14.4. The molecule has 0 bridgehead atoms. The third-order valence-electron chi connectivity index (χ3n) is 3.35. The molecule has 0 aliphatic carbocycles. The second-order valence-corrected chi connectivity index (χ2v) is 6.01. The van der Waals surface area contributed by atoms with Crippen molar-refractivity contribution < 1.29 is 9.32 Å². The van der Waals surface area contributed by atoms with Gasteiger partial charge >= 0.3 is 0 Å². The summed E-state index contributed by atoms with van der Waals surface area (Å²) in [5.74, 6) is 2.40. The van der Waals surface area contributed by atoms with E-state index in [1.54, 1.807) is 17.7 Å². The zero-order chi connectivity index (χ0) is 14.1. The van der Waals surface area contributed by atoms with E-state index in [9.17, 15) is 4.79 Å². The van der Waals surface area contributed by atoms with Crippen LogP contribution in [0, 0.1) is 6.92 Å². The molecule has 0 saturated carbocycles. The molecule has 0 unspecified atom stereocenters. The molecule has 0 aromatic carbocycles. The van der Waals surface area contributed by atoms with Crippen LogP contribution >= 0.6 is 11.8 Å². The Morgan fingerprint density at radius 2 is 2.40 bits per heavy atom. The SMILES string of the molecule is Cc1cc(C(=O)N2CCSC[C@@H]2c2cnn(C)c2)no1. The molecule has 2 aromatic heterocycles. The van der Waals surface area contributed by atoms with E-state index in [2.05, 4.69) is 10.3 Å². The predicted molar refractivity (Wildman–Crippen MR) is 75.6 cm³/mol. The molecule has 3 rings (SSSR count). The maximum absolute atomic E-state index is 12.6. The number of nitrogens with zero attached hydrogens (tertiary/aromatic N) is 4. The molecule has 1 amide bonds. The molecule has 0 radical (unpaired) electrons. The minimum Gasteiger partial charge on any atom is -0.361 e. The smallest absolute Gasteiger partial charge is 0.276 e. The predicted octanol–water partition coefficient (Wildman–Crippen LogP) is 1.65. The Hall–Kier alpha value is -1.76. The fraction of sp³-hybridized carbons (Fsp3) is 0.462. The number of thioether (sulfide) groups is 1. The Morgan fingerprint density at radius 3 is 3.05 bits per heavy atom. The Morgan fingerprint density at radius 1 is 1.55 bits per heavy atom. The van der Waals surface area contributed by atoms with Crippen molar-refractivity contribution in [1.82, 2.24) is 19.8 Å². The van der Waals surface area contributed by atoms with Crippen molar-refractivity contribution in [1.29, 1.82) is 0 Å². The third-order valence-corrected chi connectivity index (χ3v) is 4.37. The minimum absolute atomic E-state index is 0.0481. The van der Waals surface area contributed by atoms with E-state index in [1.807, 2.05) is 36.1 Å². The largest absolute Gasteiger partial charge is 0.361 e. The highest BCUT2D eigenvalue weighted by atomic mass is 32.2. The average Bonchev–Trinajstić information content (AvgIpc) is 3.07. The summed E-state index contributed by atoms with van der Waals surface area (Å²) in [6.45, 7) is 2.50. The van der Waals surface area contributed by atoms with Crippen molar-refractivity contribution in [2.75, 3.05) is 18.1 Å². The number of amides is 1. The molecule has 20 heavy (non-hydrogen) atoms. The van der Waals surface area contributed by atoms with Gasteiger partial charge in [0.25, 0.3) is 5.91 Å². The van der Waals surface area contributed by atoms with Gasteiger partial charge in [-0.3, -0.25) is 9.48 Å². The van der Waals surface area contributed by atoms with Gasteiger partial charge in [-0.15, -0.1) is 0 Å². The van der Waals surface area contributed by atoms with E-state index in [1.165, 1.54) is 0 Å². The first-order chi connectivity index (χ1) is 9.65. The summed E-state index contributed by atoms with van der Waals surface area (Å²) in [6, 6.07) is 1.73. The van der Waals surface area contributed by atoms with Crippen LogP contribution in [-0.4, -0.2) is 43.8 Å². The lowest BCUT2D eigenvalue weighted by atomic mass is 10.1. The number of rotatable bonds is 2. The maximum atomic E-state index is 12.6. The van der Waals surface area contributed by atoms with Crippen LogP contribution in [0.15, 0.2) is 23.0 Å². The zero-order valence-electron chi connectivity index (χ0n) is 11.4. The minimum atomic E-state index is -0.0731. The number of aryl methyl sites for hydroxylation is 2. The van der Waals surface area contributed by atoms with Gasteiger partial charge in [0.15, 0.2) is 5.69 Å². The molecule has 106 valence electrons. The van der Waals surface area contributed by atoms with E-state index in [-0.39, 0.29) is 11.9 Å². The van der Waals surface area contributed by atoms with Crippen LogP contribution < -0.4 is 0 Å². The highest BCUT2D eigenvalue weighted by Gasteiger charge is 2.31. The molecule has 3 heterocycles. The summed E-state index contributed by atoms with van der Waals surface area (Å²) >= 11 is 1.85. The van der Waals surface area contributed by atoms with E-state index in [4.69, 9.17) is 4.52 Å². The summed E-state index contributed by atoms with van der Waals surface area (Å²) < 4.78 is 6.76. The van der Waals surface area contributed by atoms with Crippen LogP contribution in [0.1, 0.15) is 27.9 Å². The second-order valence-electron chi connectivity index (χ2n) is 4.86. The lowest BCUT2D eigenvalue weighted by Crippen LogP contribution is -2.40. The van der Waals surface area contributed by atoms with Gasteiger partial charge in [-0.1, -0.05) is 5.16 Å². The van der Waals surface area contributed by atoms with Gasteiger partial charge in [0.05, 0.1) is 12.2 Å². The van der Waals surface area contributed by atoms with Crippen molar-refractivity contribution in [3.63, 3.8) is 0 Å². The molecule has 6 nitrogen and oxygen atoms in total. The van der Waals surface area contributed by atoms with Crippen LogP contribution in [0.2, 0.25) is 0 Å². The van der Waals surface area contributed by atoms with Crippen molar-refractivity contribution >= 4 is 17.7 Å². The van der Waals surface area contributed by atoms with Crippen LogP contribution in [-0.2, 0) is 7.05 Å². The fourth-order valence-corrected chi connectivity index (χ4v) is 3.44. The van der Waals surface area contributed by atoms with Gasteiger partial charge in [0, 0.05) is 42.9 Å². The number of carbonyl (C=O) groups excluding carboxylic acids is 1. The van der Waals surface area contributed by atoms with Gasteiger partial charge in [-0.2, -0.15) is 16.9 Å². The highest BCUT2D eigenvalue weighted by Crippen LogP contribution is 2.30. The Balaban J connectivity index is 1.87. The third kappa shape index (κ3) is 2.45. The van der Waals surface area contributed by atoms with Gasteiger partial charge in [0.2, 0.25) is 0 Å². The van der Waals surface area contributed by atoms with Gasteiger partial charge in [-0.05, 0) is 6.92 Å². The van der Waals surface area contributed by atoms with E-state index < -0.39 is 0 Å². The lowest BCUT2D eigenvalue weighted by Gasteiger charge is -2.34. The first kappa shape index (κ1) is 13.2. The van der Waals surface area contributed by atoms with Crippen LogP contribution in [0.3, 0.4) is 0 Å². The molecular formula is C13H16N4O2S. The Labute approximate surface area is 121 Å². The van der Waals surface area contributed by atoms with Crippen molar-refractivity contribution in [3.05, 3.63) is 35.5 Å². The van der Waals surface area contributed by atoms with Crippen LogP contribution in [0.4, 0.5) is 0 Å². The Kier molecular flexibility index (Phi) is 3.52. The standard InChI is InChI=1S/C13H16N4O2S/c1-9-5-11(15-19-9)13(18)17-3-4-20-8-12(17)10-6-14-16(2)7-10/h5-7,12H,3-4,8H2,1-2H3/t12-/m1/s1. The van der Waals surface area contributed by atoms with Crippen molar-refractivity contribution in [2.45, 2.75) is 13.0 Å². The molecule has 1 saturated heterocycles. The molecule has 1 aliphatic rings. The molecular weight excluding hydrogens is 276 g/mol. The Bertz CT molecular complexity index is 621. The molecule has 0 spiro atoms. The molecule has 0 N–H and O–H groups in total. The lowest BCUT2D eigenvalue weighted by molar-refractivity contribution is 0.0690. The number of hydrogen-bond donors (Lipinski definition) is 0. The molecule has 7 heteroatoms. The maximum Gasteiger partial charge on any atom is 0.276 e. The van der Waals surface area contributed by atoms with E-state index in [0.717, 1.165) is 23.6 Å². The van der Waals surface area contributed by atoms with Crippen molar-refractivity contribution in [3.8, 4) is 0 Å². The fourth-order valence-electron chi connectivity index (χ4n) is 2.35. The van der Waals surface area contributed by atoms with Crippen molar-refractivity contribution in [2.24, 2.45) is 7.05 Å². The zero-order valence-corrected chi connectivity index (χ0v) is 12.3. The van der Waals surface area contributed by atoms with E-state index in [0.29, 0.717) is 11.5 Å². The quantitative estimate of drug-likeness (QED) is 0.842. The van der Waals surface area contributed by atoms with Gasteiger partial charge in [0.1, 0.15) is 5.76 Å². The molecule has 2 aromatic rings. The highest BCUT2D eigenvalue weighted by molar-refractivity contribution is 7.99. The molecule has 1 aliphatic heterocycles. The summed E-state index contributed by atoms with van der Waals surface area (Å²) in [5, 5.41) is 8.03. The van der Waals surface area contributed by atoms with E-state index >= 15 is 0 Å². The first-order valence-corrected chi connectivity index (χ1v) is 7.61. The summed E-state index contributed by atoms with van der Waals surface area (Å²) in [5.41, 5.74) is 1.44. The number of aromatic nitrogens is 3. The number of carbonyl (C=O) groups is 1.